The molecule has 0 aromatic rings. The highest BCUT2D eigenvalue weighted by Crippen LogP contribution is 2.34. The van der Waals surface area contributed by atoms with Crippen molar-refractivity contribution < 1.29 is 0 Å². The molecule has 1 atom stereocenters. The lowest BCUT2D eigenvalue weighted by Crippen LogP contribution is -2.17. The fraction of sp³-hybridized carbons (Fsp3) is 0.938. The van der Waals surface area contributed by atoms with Crippen LogP contribution in [0.3, 0.4) is 0 Å². The summed E-state index contributed by atoms with van der Waals surface area (Å²) in [5.74, 6) is 2.79. The minimum Gasteiger partial charge on any atom is -0.0533 e. The van der Waals surface area contributed by atoms with Crippen LogP contribution in [0.15, 0.2) is 0 Å². The minimum atomic E-state index is 0.766. The first-order valence-corrected chi connectivity index (χ1v) is 7.69. The highest BCUT2D eigenvalue weighted by molar-refractivity contribution is 4.77. The van der Waals surface area contributed by atoms with Crippen LogP contribution in [0.2, 0.25) is 0 Å². The molecule has 0 heteroatoms. The second kappa shape index (κ2) is 6.67. The third kappa shape index (κ3) is 3.79. The summed E-state index contributed by atoms with van der Waals surface area (Å²) in [5.41, 5.74) is 0. The molecular formula is C16H29. The lowest BCUT2D eigenvalue weighted by Gasteiger charge is -2.29. The first-order valence-electron chi connectivity index (χ1n) is 7.69. The Morgan fingerprint density at radius 1 is 0.812 bits per heavy atom. The topological polar surface area (TPSA) is 0 Å². The van der Waals surface area contributed by atoms with E-state index in [1.807, 2.05) is 0 Å². The fourth-order valence-corrected chi connectivity index (χ4v) is 3.77. The quantitative estimate of drug-likeness (QED) is 0.598. The van der Waals surface area contributed by atoms with Gasteiger partial charge in [-0.25, -0.2) is 0 Å². The van der Waals surface area contributed by atoms with Gasteiger partial charge in [0.05, 0.1) is 0 Å². The van der Waals surface area contributed by atoms with Gasteiger partial charge in [-0.05, 0) is 31.1 Å². The minimum absolute atomic E-state index is 0.766. The molecule has 2 aliphatic rings. The lowest BCUT2D eigenvalue weighted by atomic mass is 9.76. The standard InChI is InChI=1S/C16H29/c1-14(16-10-6-3-7-11-16)12-13-15-8-4-2-5-9-15/h14-16H,1-13H2. The number of hydrogen-bond acceptors (Lipinski definition) is 0. The van der Waals surface area contributed by atoms with Gasteiger partial charge in [-0.2, -0.15) is 0 Å². The maximum Gasteiger partial charge on any atom is -0.0386 e. The first kappa shape index (κ1) is 12.5. The average Bonchev–Trinajstić information content (AvgIpc) is 2.38. The Morgan fingerprint density at radius 2 is 1.38 bits per heavy atom. The van der Waals surface area contributed by atoms with Crippen molar-refractivity contribution in [1.29, 1.82) is 0 Å². The van der Waals surface area contributed by atoms with Crippen molar-refractivity contribution in [3.63, 3.8) is 0 Å². The maximum absolute atomic E-state index is 4.45. The summed E-state index contributed by atoms with van der Waals surface area (Å²) in [7, 11) is 0. The normalized spacial score (nSPS) is 26.8. The molecule has 0 saturated heterocycles. The molecule has 0 bridgehead atoms. The highest BCUT2D eigenvalue weighted by atomic mass is 14.3. The van der Waals surface area contributed by atoms with Gasteiger partial charge in [-0.1, -0.05) is 70.6 Å². The zero-order valence-electron chi connectivity index (χ0n) is 10.9. The van der Waals surface area contributed by atoms with Gasteiger partial charge in [0, 0.05) is 0 Å². The molecule has 1 unspecified atom stereocenters. The third-order valence-corrected chi connectivity index (χ3v) is 4.99. The highest BCUT2D eigenvalue weighted by Gasteiger charge is 2.21. The summed E-state index contributed by atoms with van der Waals surface area (Å²) in [6.07, 6.45) is 17.8. The van der Waals surface area contributed by atoms with Crippen LogP contribution in [-0.2, 0) is 0 Å². The van der Waals surface area contributed by atoms with E-state index in [0.29, 0.717) is 0 Å². The van der Waals surface area contributed by atoms with Gasteiger partial charge in [0.1, 0.15) is 0 Å². The molecule has 0 aromatic heterocycles. The van der Waals surface area contributed by atoms with Crippen LogP contribution >= 0.6 is 0 Å². The predicted octanol–water partition coefficient (Wildman–Crippen LogP) is 5.38. The lowest BCUT2D eigenvalue weighted by molar-refractivity contribution is 0.244. The molecule has 0 aliphatic heterocycles. The summed E-state index contributed by atoms with van der Waals surface area (Å²) < 4.78 is 0. The molecule has 0 N–H and O–H groups in total. The monoisotopic (exact) mass is 221 g/mol. The van der Waals surface area contributed by atoms with Crippen molar-refractivity contribution in [3.8, 4) is 0 Å². The molecule has 1 radical (unpaired) electrons. The zero-order valence-corrected chi connectivity index (χ0v) is 10.9. The Morgan fingerprint density at radius 3 is 2.00 bits per heavy atom. The molecule has 0 aromatic carbocycles. The largest absolute Gasteiger partial charge is 0.0533 e. The summed E-state index contributed by atoms with van der Waals surface area (Å²) in [6, 6.07) is 0. The van der Waals surface area contributed by atoms with Crippen molar-refractivity contribution in [3.05, 3.63) is 6.92 Å². The molecule has 16 heavy (non-hydrogen) atoms. The Balaban J connectivity index is 1.63. The predicted molar refractivity (Wildman–Crippen MR) is 71.2 cm³/mol. The van der Waals surface area contributed by atoms with E-state index in [2.05, 4.69) is 6.92 Å². The number of hydrogen-bond donors (Lipinski definition) is 0. The Labute approximate surface area is 102 Å². The van der Waals surface area contributed by atoms with E-state index in [0.717, 1.165) is 17.8 Å². The van der Waals surface area contributed by atoms with Gasteiger partial charge < -0.3 is 0 Å². The van der Waals surface area contributed by atoms with Crippen LogP contribution in [0.5, 0.6) is 0 Å². The van der Waals surface area contributed by atoms with Gasteiger partial charge in [-0.15, -0.1) is 0 Å². The van der Waals surface area contributed by atoms with E-state index in [1.54, 1.807) is 0 Å². The SMILES string of the molecule is [CH2]C(CCC1CCCCC1)C1CCCCC1. The molecule has 0 amide bonds. The molecule has 0 spiro atoms. The van der Waals surface area contributed by atoms with Crippen LogP contribution in [0.25, 0.3) is 0 Å². The zero-order chi connectivity index (χ0) is 11.2. The van der Waals surface area contributed by atoms with Crippen molar-refractivity contribution in [2.75, 3.05) is 0 Å². The van der Waals surface area contributed by atoms with Crippen LogP contribution in [0.1, 0.15) is 77.0 Å². The van der Waals surface area contributed by atoms with E-state index in [-0.39, 0.29) is 0 Å². The van der Waals surface area contributed by atoms with E-state index in [1.165, 1.54) is 77.0 Å². The second-order valence-corrected chi connectivity index (χ2v) is 6.24. The molecule has 0 heterocycles. The van der Waals surface area contributed by atoms with Crippen LogP contribution < -0.4 is 0 Å². The Kier molecular flexibility index (Phi) is 5.19. The maximum atomic E-state index is 4.45. The summed E-state index contributed by atoms with van der Waals surface area (Å²) in [4.78, 5) is 0. The summed E-state index contributed by atoms with van der Waals surface area (Å²) >= 11 is 0. The van der Waals surface area contributed by atoms with Crippen molar-refractivity contribution >= 4 is 0 Å². The molecule has 2 rings (SSSR count). The molecule has 0 nitrogen and oxygen atoms in total. The third-order valence-electron chi connectivity index (χ3n) is 4.99. The van der Waals surface area contributed by atoms with Crippen LogP contribution in [0.4, 0.5) is 0 Å². The average molecular weight is 221 g/mol. The van der Waals surface area contributed by atoms with Crippen LogP contribution in [0, 0.1) is 24.7 Å². The first-order chi connectivity index (χ1) is 7.86. The smallest absolute Gasteiger partial charge is 0.0386 e. The molecule has 2 fully saturated rings. The van der Waals surface area contributed by atoms with Crippen LogP contribution in [-0.4, -0.2) is 0 Å². The Hall–Kier alpha value is 0. The van der Waals surface area contributed by atoms with Gasteiger partial charge in [0.25, 0.3) is 0 Å². The van der Waals surface area contributed by atoms with Crippen molar-refractivity contribution in [2.45, 2.75) is 77.0 Å². The van der Waals surface area contributed by atoms with Gasteiger partial charge >= 0.3 is 0 Å². The van der Waals surface area contributed by atoms with E-state index < -0.39 is 0 Å². The van der Waals surface area contributed by atoms with Gasteiger partial charge in [0.15, 0.2) is 0 Å². The summed E-state index contributed by atoms with van der Waals surface area (Å²) in [6.45, 7) is 4.45. The summed E-state index contributed by atoms with van der Waals surface area (Å²) in [5, 5.41) is 0. The number of rotatable bonds is 4. The van der Waals surface area contributed by atoms with E-state index >= 15 is 0 Å². The van der Waals surface area contributed by atoms with Crippen molar-refractivity contribution in [2.24, 2.45) is 17.8 Å². The van der Waals surface area contributed by atoms with Gasteiger partial charge in [-0.3, -0.25) is 0 Å². The van der Waals surface area contributed by atoms with Gasteiger partial charge in [0.2, 0.25) is 0 Å². The fourth-order valence-electron chi connectivity index (χ4n) is 3.77. The van der Waals surface area contributed by atoms with E-state index in [4.69, 9.17) is 0 Å². The molecule has 93 valence electrons. The molecular weight excluding hydrogens is 192 g/mol. The molecule has 2 aliphatic carbocycles. The van der Waals surface area contributed by atoms with E-state index in [9.17, 15) is 0 Å². The second-order valence-electron chi connectivity index (χ2n) is 6.24. The van der Waals surface area contributed by atoms with Crippen molar-refractivity contribution in [1.82, 2.24) is 0 Å². The Bertz CT molecular complexity index is 172. The molecule has 2 saturated carbocycles.